The van der Waals surface area contributed by atoms with Crippen LogP contribution in [0.2, 0.25) is 5.02 Å². The van der Waals surface area contributed by atoms with Crippen LogP contribution in [0.5, 0.6) is 0 Å². The largest absolute Gasteiger partial charge is 0.271 e. The van der Waals surface area contributed by atoms with E-state index in [1.54, 1.807) is 12.1 Å². The number of halogens is 2. The number of rotatable bonds is 2. The third kappa shape index (κ3) is 2.68. The molecular formula is C11H16ClFN2. The molecule has 0 heterocycles. The maximum absolute atomic E-state index is 13.6. The Morgan fingerprint density at radius 3 is 2.40 bits per heavy atom. The summed E-state index contributed by atoms with van der Waals surface area (Å²) in [5, 5.41) is 0.396. The minimum Gasteiger partial charge on any atom is -0.271 e. The van der Waals surface area contributed by atoms with E-state index in [4.69, 9.17) is 17.4 Å². The summed E-state index contributed by atoms with van der Waals surface area (Å²) in [4.78, 5) is 0. The molecule has 0 aliphatic carbocycles. The van der Waals surface area contributed by atoms with Gasteiger partial charge in [0.05, 0.1) is 6.04 Å². The first kappa shape index (κ1) is 12.4. The van der Waals surface area contributed by atoms with Gasteiger partial charge in [0.2, 0.25) is 0 Å². The van der Waals surface area contributed by atoms with E-state index in [0.717, 1.165) is 0 Å². The Balaban J connectivity index is 3.24. The Kier molecular flexibility index (Phi) is 3.71. The zero-order valence-electron chi connectivity index (χ0n) is 9.14. The van der Waals surface area contributed by atoms with Gasteiger partial charge in [-0.15, -0.1) is 0 Å². The molecule has 1 atom stereocenters. The molecule has 15 heavy (non-hydrogen) atoms. The van der Waals surface area contributed by atoms with Gasteiger partial charge in [-0.25, -0.2) is 4.39 Å². The van der Waals surface area contributed by atoms with Gasteiger partial charge in [0, 0.05) is 10.6 Å². The zero-order chi connectivity index (χ0) is 11.6. The van der Waals surface area contributed by atoms with Crippen molar-refractivity contribution >= 4 is 11.6 Å². The molecular weight excluding hydrogens is 215 g/mol. The number of nitrogens with two attached hydrogens (primary N) is 1. The van der Waals surface area contributed by atoms with Gasteiger partial charge < -0.3 is 0 Å². The molecule has 0 bridgehead atoms. The quantitative estimate of drug-likeness (QED) is 0.606. The van der Waals surface area contributed by atoms with E-state index in [1.165, 1.54) is 6.07 Å². The fraction of sp³-hybridized carbons (Fsp3) is 0.455. The van der Waals surface area contributed by atoms with Crippen LogP contribution in [0.3, 0.4) is 0 Å². The molecule has 1 unspecified atom stereocenters. The van der Waals surface area contributed by atoms with Gasteiger partial charge >= 0.3 is 0 Å². The van der Waals surface area contributed by atoms with Crippen molar-refractivity contribution in [3.05, 3.63) is 34.6 Å². The molecule has 0 amide bonds. The monoisotopic (exact) mass is 230 g/mol. The summed E-state index contributed by atoms with van der Waals surface area (Å²) in [7, 11) is 0. The molecule has 0 saturated heterocycles. The predicted molar refractivity (Wildman–Crippen MR) is 60.9 cm³/mol. The summed E-state index contributed by atoms with van der Waals surface area (Å²) >= 11 is 5.97. The average molecular weight is 231 g/mol. The van der Waals surface area contributed by atoms with Crippen molar-refractivity contribution in [1.82, 2.24) is 5.43 Å². The normalized spacial score (nSPS) is 14.0. The summed E-state index contributed by atoms with van der Waals surface area (Å²) < 4.78 is 13.6. The molecule has 1 aromatic rings. The van der Waals surface area contributed by atoms with E-state index in [9.17, 15) is 4.39 Å². The first-order chi connectivity index (χ1) is 6.88. The average Bonchev–Trinajstić information content (AvgIpc) is 2.09. The van der Waals surface area contributed by atoms with Crippen molar-refractivity contribution in [2.75, 3.05) is 0 Å². The van der Waals surface area contributed by atoms with Crippen molar-refractivity contribution in [2.45, 2.75) is 26.8 Å². The minimum atomic E-state index is -0.333. The number of hydrogen-bond donors (Lipinski definition) is 2. The summed E-state index contributed by atoms with van der Waals surface area (Å²) in [6.45, 7) is 5.92. The van der Waals surface area contributed by atoms with Gasteiger partial charge in [-0.2, -0.15) is 0 Å². The molecule has 84 valence electrons. The Morgan fingerprint density at radius 2 is 2.00 bits per heavy atom. The number of hydrazine groups is 1. The van der Waals surface area contributed by atoms with Crippen LogP contribution in [0, 0.1) is 11.2 Å². The molecule has 3 N–H and O–H groups in total. The van der Waals surface area contributed by atoms with Crippen LogP contribution in [0.4, 0.5) is 4.39 Å². The molecule has 2 nitrogen and oxygen atoms in total. The van der Waals surface area contributed by atoms with Gasteiger partial charge in [0.25, 0.3) is 0 Å². The third-order valence-corrected chi connectivity index (χ3v) is 2.65. The lowest BCUT2D eigenvalue weighted by Crippen LogP contribution is -2.37. The van der Waals surface area contributed by atoms with E-state index < -0.39 is 0 Å². The first-order valence-electron chi connectivity index (χ1n) is 4.78. The first-order valence-corrected chi connectivity index (χ1v) is 5.15. The molecule has 0 aromatic heterocycles. The highest BCUT2D eigenvalue weighted by Gasteiger charge is 2.29. The fourth-order valence-electron chi connectivity index (χ4n) is 1.55. The Labute approximate surface area is 94.6 Å². The highest BCUT2D eigenvalue weighted by atomic mass is 35.5. The molecule has 0 spiro atoms. The van der Waals surface area contributed by atoms with Crippen molar-refractivity contribution in [1.29, 1.82) is 0 Å². The highest BCUT2D eigenvalue weighted by Crippen LogP contribution is 2.36. The van der Waals surface area contributed by atoms with Crippen LogP contribution in [-0.4, -0.2) is 0 Å². The standard InChI is InChI=1S/C11H16ClFN2/c1-11(2,3)10(15-14)9-7(12)5-4-6-8(9)13/h4-6,10,15H,14H2,1-3H3. The van der Waals surface area contributed by atoms with Gasteiger partial charge in [-0.1, -0.05) is 38.4 Å². The van der Waals surface area contributed by atoms with Gasteiger partial charge in [0.1, 0.15) is 5.82 Å². The summed E-state index contributed by atoms with van der Waals surface area (Å²) in [5.74, 6) is 5.12. The van der Waals surface area contributed by atoms with Crippen molar-refractivity contribution in [2.24, 2.45) is 11.3 Å². The SMILES string of the molecule is CC(C)(C)C(NN)c1c(F)cccc1Cl. The number of nitrogens with one attached hydrogen (secondary N) is 1. The van der Waals surface area contributed by atoms with Gasteiger partial charge in [-0.05, 0) is 17.5 Å². The van der Waals surface area contributed by atoms with Crippen LogP contribution in [-0.2, 0) is 0 Å². The Morgan fingerprint density at radius 1 is 1.40 bits per heavy atom. The smallest absolute Gasteiger partial charge is 0.129 e. The molecule has 0 radical (unpaired) electrons. The predicted octanol–water partition coefficient (Wildman–Crippen LogP) is 3.03. The van der Waals surface area contributed by atoms with E-state index in [-0.39, 0.29) is 17.3 Å². The second-order valence-electron chi connectivity index (χ2n) is 4.60. The minimum absolute atomic E-state index is 0.208. The number of benzene rings is 1. The zero-order valence-corrected chi connectivity index (χ0v) is 9.90. The van der Waals surface area contributed by atoms with E-state index in [0.29, 0.717) is 10.6 Å². The summed E-state index contributed by atoms with van der Waals surface area (Å²) in [6.07, 6.45) is 0. The second-order valence-corrected chi connectivity index (χ2v) is 5.01. The molecule has 1 rings (SSSR count). The van der Waals surface area contributed by atoms with Crippen LogP contribution < -0.4 is 11.3 Å². The van der Waals surface area contributed by atoms with E-state index >= 15 is 0 Å². The second kappa shape index (κ2) is 4.47. The van der Waals surface area contributed by atoms with Crippen LogP contribution in [0.25, 0.3) is 0 Å². The lowest BCUT2D eigenvalue weighted by molar-refractivity contribution is 0.269. The molecule has 0 fully saturated rings. The molecule has 1 aromatic carbocycles. The maximum Gasteiger partial charge on any atom is 0.129 e. The van der Waals surface area contributed by atoms with Crippen molar-refractivity contribution in [3.63, 3.8) is 0 Å². The molecule has 0 aliphatic heterocycles. The van der Waals surface area contributed by atoms with E-state index in [1.807, 2.05) is 20.8 Å². The maximum atomic E-state index is 13.6. The topological polar surface area (TPSA) is 38.0 Å². The van der Waals surface area contributed by atoms with Crippen LogP contribution in [0.1, 0.15) is 32.4 Å². The lowest BCUT2D eigenvalue weighted by Gasteiger charge is -2.31. The molecule has 0 saturated carbocycles. The molecule has 4 heteroatoms. The lowest BCUT2D eigenvalue weighted by atomic mass is 9.82. The third-order valence-electron chi connectivity index (χ3n) is 2.32. The summed E-state index contributed by atoms with van der Waals surface area (Å²) in [6, 6.07) is 4.32. The fourth-order valence-corrected chi connectivity index (χ4v) is 1.82. The van der Waals surface area contributed by atoms with Crippen molar-refractivity contribution in [3.8, 4) is 0 Å². The van der Waals surface area contributed by atoms with Gasteiger partial charge in [-0.3, -0.25) is 11.3 Å². The Hall–Kier alpha value is -0.640. The number of hydrogen-bond acceptors (Lipinski definition) is 2. The Bertz CT molecular complexity index is 327. The summed E-state index contributed by atoms with van der Waals surface area (Å²) in [5.41, 5.74) is 2.83. The van der Waals surface area contributed by atoms with E-state index in [2.05, 4.69) is 5.43 Å². The van der Waals surface area contributed by atoms with Crippen LogP contribution in [0.15, 0.2) is 18.2 Å². The van der Waals surface area contributed by atoms with Crippen LogP contribution >= 0.6 is 11.6 Å². The highest BCUT2D eigenvalue weighted by molar-refractivity contribution is 6.31. The molecule has 0 aliphatic rings. The van der Waals surface area contributed by atoms with Gasteiger partial charge in [0.15, 0.2) is 0 Å². The van der Waals surface area contributed by atoms with Crippen molar-refractivity contribution < 1.29 is 4.39 Å².